The number of carbonyl (C=O) groups excluding carboxylic acids is 2. The van der Waals surface area contributed by atoms with E-state index in [2.05, 4.69) is 20.2 Å². The van der Waals surface area contributed by atoms with Crippen molar-refractivity contribution in [2.75, 3.05) is 23.3 Å². The van der Waals surface area contributed by atoms with Crippen molar-refractivity contribution >= 4 is 34.8 Å². The fourth-order valence-electron chi connectivity index (χ4n) is 1.90. The smallest absolute Gasteiger partial charge is 0.321 e. The number of urea groups is 1. The Labute approximate surface area is 118 Å². The predicted molar refractivity (Wildman–Crippen MR) is 75.0 cm³/mol. The first kappa shape index (κ1) is 12.5. The first-order valence-electron chi connectivity index (χ1n) is 5.98. The zero-order valence-electron chi connectivity index (χ0n) is 10.4. The van der Waals surface area contributed by atoms with Gasteiger partial charge in [0.05, 0.1) is 6.20 Å². The SMILES string of the molecule is O=C(Nc1ccc(N2CCNC2=O)cc1)c1cnns1. The van der Waals surface area contributed by atoms with Gasteiger partial charge in [-0.2, -0.15) is 0 Å². The van der Waals surface area contributed by atoms with Crippen LogP contribution in [0.2, 0.25) is 0 Å². The van der Waals surface area contributed by atoms with Gasteiger partial charge in [0.1, 0.15) is 4.88 Å². The molecule has 1 fully saturated rings. The summed E-state index contributed by atoms with van der Waals surface area (Å²) >= 11 is 1.04. The van der Waals surface area contributed by atoms with Crippen LogP contribution in [-0.2, 0) is 0 Å². The Hall–Kier alpha value is -2.48. The summed E-state index contributed by atoms with van der Waals surface area (Å²) in [5.74, 6) is -0.244. The van der Waals surface area contributed by atoms with Crippen molar-refractivity contribution in [3.05, 3.63) is 35.3 Å². The molecule has 0 bridgehead atoms. The van der Waals surface area contributed by atoms with Crippen LogP contribution in [-0.4, -0.2) is 34.6 Å². The topological polar surface area (TPSA) is 87.2 Å². The van der Waals surface area contributed by atoms with Gasteiger partial charge in [-0.3, -0.25) is 9.69 Å². The third kappa shape index (κ3) is 2.45. The van der Waals surface area contributed by atoms with Crippen molar-refractivity contribution in [3.63, 3.8) is 0 Å². The second kappa shape index (κ2) is 5.25. The average molecular weight is 289 g/mol. The molecule has 0 unspecified atom stereocenters. The fourth-order valence-corrected chi connectivity index (χ4v) is 2.31. The zero-order chi connectivity index (χ0) is 13.9. The van der Waals surface area contributed by atoms with Gasteiger partial charge in [-0.15, -0.1) is 5.10 Å². The molecule has 0 radical (unpaired) electrons. The van der Waals surface area contributed by atoms with Gasteiger partial charge >= 0.3 is 6.03 Å². The number of benzene rings is 1. The number of anilines is 2. The molecule has 0 saturated carbocycles. The third-order valence-corrected chi connectivity index (χ3v) is 3.54. The molecule has 20 heavy (non-hydrogen) atoms. The molecule has 0 aliphatic carbocycles. The van der Waals surface area contributed by atoms with Crippen LogP contribution in [0.15, 0.2) is 30.5 Å². The lowest BCUT2D eigenvalue weighted by Crippen LogP contribution is -2.27. The summed E-state index contributed by atoms with van der Waals surface area (Å²) < 4.78 is 3.64. The van der Waals surface area contributed by atoms with E-state index in [1.165, 1.54) is 6.20 Å². The average Bonchev–Trinajstić information content (AvgIpc) is 3.11. The monoisotopic (exact) mass is 289 g/mol. The highest BCUT2D eigenvalue weighted by Gasteiger charge is 2.20. The Morgan fingerprint density at radius 3 is 2.75 bits per heavy atom. The number of nitrogens with zero attached hydrogens (tertiary/aromatic N) is 3. The molecule has 2 heterocycles. The number of carbonyl (C=O) groups is 2. The van der Waals surface area contributed by atoms with E-state index < -0.39 is 0 Å². The quantitative estimate of drug-likeness (QED) is 0.892. The summed E-state index contributed by atoms with van der Waals surface area (Å²) in [6.45, 7) is 1.30. The number of rotatable bonds is 3. The minimum Gasteiger partial charge on any atom is -0.336 e. The van der Waals surface area contributed by atoms with Gasteiger partial charge in [0, 0.05) is 24.5 Å². The van der Waals surface area contributed by atoms with Crippen LogP contribution >= 0.6 is 11.5 Å². The molecule has 2 aromatic rings. The van der Waals surface area contributed by atoms with E-state index >= 15 is 0 Å². The zero-order valence-corrected chi connectivity index (χ0v) is 11.2. The number of aromatic nitrogens is 2. The fraction of sp³-hybridized carbons (Fsp3) is 0.167. The molecule has 0 spiro atoms. The molecule has 1 aromatic heterocycles. The Bertz CT molecular complexity index is 626. The first-order chi connectivity index (χ1) is 9.74. The van der Waals surface area contributed by atoms with E-state index in [-0.39, 0.29) is 11.9 Å². The minimum absolute atomic E-state index is 0.0995. The summed E-state index contributed by atoms with van der Waals surface area (Å²) in [7, 11) is 0. The molecule has 3 rings (SSSR count). The summed E-state index contributed by atoms with van der Waals surface area (Å²) in [5.41, 5.74) is 1.46. The van der Waals surface area contributed by atoms with Crippen LogP contribution in [0.25, 0.3) is 0 Å². The van der Waals surface area contributed by atoms with E-state index in [1.807, 2.05) is 0 Å². The maximum absolute atomic E-state index is 11.8. The third-order valence-electron chi connectivity index (χ3n) is 2.88. The van der Waals surface area contributed by atoms with Gasteiger partial charge in [-0.25, -0.2) is 4.79 Å². The van der Waals surface area contributed by atoms with Crippen LogP contribution in [0.1, 0.15) is 9.67 Å². The summed E-state index contributed by atoms with van der Waals surface area (Å²) in [5, 5.41) is 9.10. The van der Waals surface area contributed by atoms with Crippen molar-refractivity contribution in [1.82, 2.24) is 14.9 Å². The highest BCUT2D eigenvalue weighted by Crippen LogP contribution is 2.20. The largest absolute Gasteiger partial charge is 0.336 e. The molecular formula is C12H11N5O2S. The van der Waals surface area contributed by atoms with E-state index in [4.69, 9.17) is 0 Å². The van der Waals surface area contributed by atoms with Crippen molar-refractivity contribution in [2.24, 2.45) is 0 Å². The van der Waals surface area contributed by atoms with E-state index in [9.17, 15) is 9.59 Å². The summed E-state index contributed by atoms with van der Waals surface area (Å²) in [4.78, 5) is 25.4. The molecule has 8 heteroatoms. The van der Waals surface area contributed by atoms with Gasteiger partial charge < -0.3 is 10.6 Å². The highest BCUT2D eigenvalue weighted by molar-refractivity contribution is 7.07. The number of amides is 3. The molecular weight excluding hydrogens is 278 g/mol. The van der Waals surface area contributed by atoms with Gasteiger partial charge in [-0.1, -0.05) is 4.49 Å². The second-order valence-electron chi connectivity index (χ2n) is 4.17. The van der Waals surface area contributed by atoms with E-state index in [0.29, 0.717) is 23.7 Å². The van der Waals surface area contributed by atoms with Crippen LogP contribution in [0.4, 0.5) is 16.2 Å². The predicted octanol–water partition coefficient (Wildman–Crippen LogP) is 1.32. The molecule has 1 saturated heterocycles. The molecule has 1 aliphatic rings. The molecule has 0 atom stereocenters. The normalized spacial score (nSPS) is 14.2. The Morgan fingerprint density at radius 2 is 2.15 bits per heavy atom. The summed E-state index contributed by atoms with van der Waals surface area (Å²) in [6.07, 6.45) is 1.42. The van der Waals surface area contributed by atoms with Crippen LogP contribution < -0.4 is 15.5 Å². The number of hydrogen-bond acceptors (Lipinski definition) is 5. The first-order valence-corrected chi connectivity index (χ1v) is 6.75. The lowest BCUT2D eigenvalue weighted by atomic mass is 10.2. The van der Waals surface area contributed by atoms with Crippen LogP contribution in [0.3, 0.4) is 0 Å². The molecule has 3 amide bonds. The molecule has 2 N–H and O–H groups in total. The van der Waals surface area contributed by atoms with Crippen molar-refractivity contribution in [1.29, 1.82) is 0 Å². The molecule has 102 valence electrons. The minimum atomic E-state index is -0.244. The van der Waals surface area contributed by atoms with E-state index in [1.54, 1.807) is 29.2 Å². The second-order valence-corrected chi connectivity index (χ2v) is 4.95. The standard InChI is InChI=1S/C12H11N5O2S/c18-11(10-7-14-16-20-10)15-8-1-3-9(4-2-8)17-6-5-13-12(17)19/h1-4,7H,5-6H2,(H,13,19)(H,15,18). The lowest BCUT2D eigenvalue weighted by Gasteiger charge is -2.14. The van der Waals surface area contributed by atoms with E-state index in [0.717, 1.165) is 17.2 Å². The highest BCUT2D eigenvalue weighted by atomic mass is 32.1. The Kier molecular flexibility index (Phi) is 3.30. The maximum Gasteiger partial charge on any atom is 0.321 e. The van der Waals surface area contributed by atoms with Crippen LogP contribution in [0, 0.1) is 0 Å². The number of hydrogen-bond donors (Lipinski definition) is 2. The molecule has 1 aromatic carbocycles. The molecule has 1 aliphatic heterocycles. The van der Waals surface area contributed by atoms with Crippen LogP contribution in [0.5, 0.6) is 0 Å². The van der Waals surface area contributed by atoms with Crippen molar-refractivity contribution in [2.45, 2.75) is 0 Å². The van der Waals surface area contributed by atoms with Gasteiger partial charge in [0.25, 0.3) is 5.91 Å². The Morgan fingerprint density at radius 1 is 1.35 bits per heavy atom. The van der Waals surface area contributed by atoms with Crippen molar-refractivity contribution < 1.29 is 9.59 Å². The number of nitrogens with one attached hydrogen (secondary N) is 2. The van der Waals surface area contributed by atoms with Gasteiger partial charge in [0.15, 0.2) is 0 Å². The lowest BCUT2D eigenvalue weighted by molar-refractivity contribution is 0.103. The van der Waals surface area contributed by atoms with Crippen molar-refractivity contribution in [3.8, 4) is 0 Å². The van der Waals surface area contributed by atoms with Gasteiger partial charge in [0.2, 0.25) is 0 Å². The Balaban J connectivity index is 1.70. The van der Waals surface area contributed by atoms with Gasteiger partial charge in [-0.05, 0) is 35.8 Å². The summed E-state index contributed by atoms with van der Waals surface area (Å²) in [6, 6.07) is 7.01. The molecule has 7 nitrogen and oxygen atoms in total. The maximum atomic E-state index is 11.8.